The van der Waals surface area contributed by atoms with Crippen molar-refractivity contribution in [2.45, 2.75) is 32.1 Å². The zero-order valence-electron chi connectivity index (χ0n) is 8.84. The first-order valence-corrected chi connectivity index (χ1v) is 5.13. The molecule has 14 heavy (non-hydrogen) atoms. The van der Waals surface area contributed by atoms with Gasteiger partial charge in [-0.15, -0.1) is 0 Å². The number of benzene rings is 1. The van der Waals surface area contributed by atoms with Crippen molar-refractivity contribution in [2.24, 2.45) is 0 Å². The van der Waals surface area contributed by atoms with Crippen molar-refractivity contribution in [3.63, 3.8) is 0 Å². The Labute approximate surface area is 85.1 Å². The zero-order chi connectivity index (χ0) is 10.2. The maximum absolute atomic E-state index is 5.91. The molecule has 0 bridgehead atoms. The van der Waals surface area contributed by atoms with Crippen LogP contribution in [0.4, 0.5) is 5.69 Å². The lowest BCUT2D eigenvalue weighted by Crippen LogP contribution is -2.16. The lowest BCUT2D eigenvalue weighted by Gasteiger charge is -2.24. The summed E-state index contributed by atoms with van der Waals surface area (Å²) < 4.78 is 5.69. The molecule has 0 saturated carbocycles. The van der Waals surface area contributed by atoms with Crippen molar-refractivity contribution in [1.29, 1.82) is 0 Å². The zero-order valence-corrected chi connectivity index (χ0v) is 8.84. The van der Waals surface area contributed by atoms with Gasteiger partial charge in [0.1, 0.15) is 5.75 Å². The van der Waals surface area contributed by atoms with Gasteiger partial charge in [-0.05, 0) is 24.3 Å². The molecule has 1 aromatic carbocycles. The molecule has 0 amide bonds. The highest BCUT2D eigenvalue weighted by Crippen LogP contribution is 2.40. The summed E-state index contributed by atoms with van der Waals surface area (Å²) in [5.74, 6) is 0.898. The second-order valence-corrected chi connectivity index (χ2v) is 4.56. The van der Waals surface area contributed by atoms with E-state index in [9.17, 15) is 0 Å². The van der Waals surface area contributed by atoms with Gasteiger partial charge in [-0.3, -0.25) is 0 Å². The van der Waals surface area contributed by atoms with Gasteiger partial charge in [0.25, 0.3) is 0 Å². The Kier molecular flexibility index (Phi) is 2.14. The molecule has 76 valence electrons. The molecule has 0 unspecified atom stereocenters. The van der Waals surface area contributed by atoms with Crippen LogP contribution in [0, 0.1) is 0 Å². The van der Waals surface area contributed by atoms with Crippen LogP contribution in [0.5, 0.6) is 5.75 Å². The summed E-state index contributed by atoms with van der Waals surface area (Å²) in [6, 6.07) is 6.03. The quantitative estimate of drug-likeness (QED) is 0.640. The summed E-state index contributed by atoms with van der Waals surface area (Å²) in [6.45, 7) is 5.28. The Balaban J connectivity index is 2.56. The van der Waals surface area contributed by atoms with Gasteiger partial charge in [0.15, 0.2) is 0 Å². The number of hydrogen-bond acceptors (Lipinski definition) is 2. The van der Waals surface area contributed by atoms with Gasteiger partial charge < -0.3 is 10.5 Å². The van der Waals surface area contributed by atoms with E-state index in [0.29, 0.717) is 0 Å². The van der Waals surface area contributed by atoms with Crippen LogP contribution in [0.3, 0.4) is 0 Å². The molecule has 0 aliphatic carbocycles. The summed E-state index contributed by atoms with van der Waals surface area (Å²) in [4.78, 5) is 0. The van der Waals surface area contributed by atoms with E-state index < -0.39 is 0 Å². The minimum absolute atomic E-state index is 0.182. The molecule has 0 radical (unpaired) electrons. The molecule has 0 atom stereocenters. The van der Waals surface area contributed by atoms with Gasteiger partial charge in [0.05, 0.1) is 12.3 Å². The van der Waals surface area contributed by atoms with Crippen LogP contribution in [-0.4, -0.2) is 6.61 Å². The molecule has 0 saturated heterocycles. The Morgan fingerprint density at radius 3 is 2.93 bits per heavy atom. The Hall–Kier alpha value is -1.18. The monoisotopic (exact) mass is 191 g/mol. The van der Waals surface area contributed by atoms with Gasteiger partial charge >= 0.3 is 0 Å². The number of ether oxygens (including phenoxy) is 1. The first-order valence-electron chi connectivity index (χ1n) is 5.13. The van der Waals surface area contributed by atoms with Gasteiger partial charge in [-0.25, -0.2) is 0 Å². The predicted octanol–water partition coefficient (Wildman–Crippen LogP) is 2.72. The average Bonchev–Trinajstić information content (AvgIpc) is 2.27. The van der Waals surface area contributed by atoms with Crippen molar-refractivity contribution in [3.05, 3.63) is 23.8 Å². The molecule has 1 aromatic rings. The second-order valence-electron chi connectivity index (χ2n) is 4.56. The molecule has 2 N–H and O–H groups in total. The van der Waals surface area contributed by atoms with Crippen molar-refractivity contribution < 1.29 is 4.74 Å². The van der Waals surface area contributed by atoms with Crippen molar-refractivity contribution in [1.82, 2.24) is 0 Å². The van der Waals surface area contributed by atoms with E-state index in [0.717, 1.165) is 30.9 Å². The van der Waals surface area contributed by atoms with Crippen LogP contribution in [0.15, 0.2) is 18.2 Å². The fraction of sp³-hybridized carbons (Fsp3) is 0.500. The Morgan fingerprint density at radius 1 is 1.36 bits per heavy atom. The molecular weight excluding hydrogens is 174 g/mol. The molecule has 0 aromatic heterocycles. The smallest absolute Gasteiger partial charge is 0.145 e. The highest BCUT2D eigenvalue weighted by Gasteiger charge is 2.27. The molecule has 2 rings (SSSR count). The molecule has 2 heteroatoms. The number of para-hydroxylation sites is 1. The maximum Gasteiger partial charge on any atom is 0.145 e. The number of nitrogen functional groups attached to an aromatic ring is 1. The highest BCUT2D eigenvalue weighted by molar-refractivity contribution is 5.59. The molecule has 2 nitrogen and oxygen atoms in total. The highest BCUT2D eigenvalue weighted by atomic mass is 16.5. The maximum atomic E-state index is 5.91. The first-order chi connectivity index (χ1) is 6.61. The molecule has 1 aliphatic rings. The van der Waals surface area contributed by atoms with Crippen LogP contribution in [0.1, 0.15) is 32.3 Å². The van der Waals surface area contributed by atoms with E-state index in [1.165, 1.54) is 5.56 Å². The third-order valence-electron chi connectivity index (χ3n) is 2.97. The summed E-state index contributed by atoms with van der Waals surface area (Å²) in [5, 5.41) is 0. The molecule has 0 spiro atoms. The standard InChI is InChI=1S/C12H17NO/c1-12(2)7-4-8-14-11-9(12)5-3-6-10(11)13/h3,5-6H,4,7-8,13H2,1-2H3. The van der Waals surface area contributed by atoms with Gasteiger partial charge in [-0.2, -0.15) is 0 Å². The molecule has 0 fully saturated rings. The summed E-state index contributed by atoms with van der Waals surface area (Å²) in [7, 11) is 0. The fourth-order valence-corrected chi connectivity index (χ4v) is 2.07. The number of anilines is 1. The molecule has 1 aliphatic heterocycles. The normalized spacial score (nSPS) is 19.3. The number of hydrogen-bond donors (Lipinski definition) is 1. The molecular formula is C12H17NO. The Morgan fingerprint density at radius 2 is 2.14 bits per heavy atom. The van der Waals surface area contributed by atoms with E-state index in [1.54, 1.807) is 0 Å². The van der Waals surface area contributed by atoms with E-state index in [4.69, 9.17) is 10.5 Å². The second kappa shape index (κ2) is 3.19. The minimum Gasteiger partial charge on any atom is -0.491 e. The predicted molar refractivity (Wildman–Crippen MR) is 58.6 cm³/mol. The van der Waals surface area contributed by atoms with Crippen LogP contribution in [0.2, 0.25) is 0 Å². The van der Waals surface area contributed by atoms with Crippen LogP contribution >= 0.6 is 0 Å². The van der Waals surface area contributed by atoms with Crippen LogP contribution in [0.25, 0.3) is 0 Å². The third kappa shape index (κ3) is 1.45. The summed E-state index contributed by atoms with van der Waals surface area (Å²) >= 11 is 0. The van der Waals surface area contributed by atoms with Gasteiger partial charge in [0, 0.05) is 5.56 Å². The van der Waals surface area contributed by atoms with E-state index in [-0.39, 0.29) is 5.41 Å². The number of fused-ring (bicyclic) bond motifs is 1. The number of nitrogens with two attached hydrogens (primary N) is 1. The lowest BCUT2D eigenvalue weighted by atomic mass is 9.80. The van der Waals surface area contributed by atoms with E-state index >= 15 is 0 Å². The average molecular weight is 191 g/mol. The van der Waals surface area contributed by atoms with Crippen molar-refractivity contribution in [2.75, 3.05) is 12.3 Å². The van der Waals surface area contributed by atoms with Crippen molar-refractivity contribution >= 4 is 5.69 Å². The van der Waals surface area contributed by atoms with E-state index in [1.807, 2.05) is 12.1 Å². The third-order valence-corrected chi connectivity index (χ3v) is 2.97. The number of rotatable bonds is 0. The largest absolute Gasteiger partial charge is 0.491 e. The van der Waals surface area contributed by atoms with Gasteiger partial charge in [-0.1, -0.05) is 26.0 Å². The first kappa shape index (κ1) is 9.38. The van der Waals surface area contributed by atoms with Crippen LogP contribution < -0.4 is 10.5 Å². The lowest BCUT2D eigenvalue weighted by molar-refractivity contribution is 0.315. The summed E-state index contributed by atoms with van der Waals surface area (Å²) in [5.41, 5.74) is 8.10. The van der Waals surface area contributed by atoms with Crippen LogP contribution in [-0.2, 0) is 5.41 Å². The Bertz CT molecular complexity index is 344. The molecule has 1 heterocycles. The minimum atomic E-state index is 0.182. The van der Waals surface area contributed by atoms with E-state index in [2.05, 4.69) is 19.9 Å². The topological polar surface area (TPSA) is 35.2 Å². The fourth-order valence-electron chi connectivity index (χ4n) is 2.07. The van der Waals surface area contributed by atoms with Crippen molar-refractivity contribution in [3.8, 4) is 5.75 Å². The SMILES string of the molecule is CC1(C)CCCOc2c(N)cccc21. The van der Waals surface area contributed by atoms with Gasteiger partial charge in [0.2, 0.25) is 0 Å². The summed E-state index contributed by atoms with van der Waals surface area (Å²) in [6.07, 6.45) is 2.25.